The van der Waals surface area contributed by atoms with Gasteiger partial charge in [0, 0.05) is 0 Å². The van der Waals surface area contributed by atoms with E-state index in [1.54, 1.807) is 0 Å². The van der Waals surface area contributed by atoms with Gasteiger partial charge in [0.1, 0.15) is 0 Å². The summed E-state index contributed by atoms with van der Waals surface area (Å²) in [6.45, 7) is 0. The fourth-order valence-corrected chi connectivity index (χ4v) is 10.6. The first-order valence-corrected chi connectivity index (χ1v) is 15.0. The van der Waals surface area contributed by atoms with E-state index in [2.05, 4.69) is 66.4 Å². The summed E-state index contributed by atoms with van der Waals surface area (Å²) >= 11 is 3.17. The van der Waals surface area contributed by atoms with Gasteiger partial charge in [-0.05, 0) is 0 Å². The zero-order valence-electron chi connectivity index (χ0n) is 16.2. The minimum atomic E-state index is -3.96. The minimum absolute atomic E-state index is 0.637. The maximum absolute atomic E-state index is 6.92. The van der Waals surface area contributed by atoms with Crippen LogP contribution in [0, 0.1) is 0 Å². The molecule has 4 nitrogen and oxygen atoms in total. The van der Waals surface area contributed by atoms with Gasteiger partial charge in [0.15, 0.2) is 0 Å². The topological polar surface area (TPSA) is 43.2 Å². The van der Waals surface area contributed by atoms with Crippen LogP contribution in [0.15, 0.2) is 116 Å². The van der Waals surface area contributed by atoms with Crippen LogP contribution in [0.2, 0.25) is 0 Å². The third-order valence-electron chi connectivity index (χ3n) is 4.92. The van der Waals surface area contributed by atoms with Gasteiger partial charge >= 0.3 is 201 Å². The fourth-order valence-electron chi connectivity index (χ4n) is 3.46. The fraction of sp³-hybridized carbons (Fsp3) is 0. The zero-order chi connectivity index (χ0) is 21.3. The van der Waals surface area contributed by atoms with Crippen LogP contribution >= 0.6 is 31.9 Å². The van der Waals surface area contributed by atoms with E-state index < -0.39 is 13.9 Å². The molecule has 0 saturated carbocycles. The van der Waals surface area contributed by atoms with Crippen molar-refractivity contribution in [2.24, 2.45) is 10.2 Å². The van der Waals surface area contributed by atoms with Crippen molar-refractivity contribution in [3.63, 3.8) is 0 Å². The van der Waals surface area contributed by atoms with Gasteiger partial charge in [-0.25, -0.2) is 0 Å². The van der Waals surface area contributed by atoms with E-state index in [-0.39, 0.29) is 0 Å². The summed E-state index contributed by atoms with van der Waals surface area (Å²) in [5, 5.41) is 8.97. The molecule has 1 aliphatic heterocycles. The third-order valence-corrected chi connectivity index (χ3v) is 12.6. The van der Waals surface area contributed by atoms with Crippen LogP contribution in [0.4, 0.5) is 11.4 Å². The van der Waals surface area contributed by atoms with Crippen molar-refractivity contribution in [2.45, 2.75) is 0 Å². The van der Waals surface area contributed by atoms with Crippen molar-refractivity contribution < 1.29 is 7.53 Å². The molecule has 1 heterocycles. The molecule has 0 radical (unpaired) electrons. The molecule has 4 aromatic rings. The summed E-state index contributed by atoms with van der Waals surface area (Å²) in [4.78, 5) is 0. The van der Waals surface area contributed by atoms with Crippen molar-refractivity contribution >= 4 is 66.0 Å². The van der Waals surface area contributed by atoms with Gasteiger partial charge in [-0.1, -0.05) is 0 Å². The number of rotatable bonds is 2. The van der Waals surface area contributed by atoms with E-state index in [9.17, 15) is 0 Å². The molecule has 0 aromatic heterocycles. The quantitative estimate of drug-likeness (QED) is 0.243. The average molecular weight is 597 g/mol. The van der Waals surface area contributed by atoms with E-state index in [1.165, 1.54) is 0 Å². The molecule has 4 aromatic carbocycles. The number of azo groups is 1. The predicted molar refractivity (Wildman–Crippen MR) is 132 cm³/mol. The first-order chi connectivity index (χ1) is 15.1. The molecule has 5 rings (SSSR count). The Morgan fingerprint density at radius 1 is 0.548 bits per heavy atom. The summed E-state index contributed by atoms with van der Waals surface area (Å²) < 4.78 is 17.7. The summed E-state index contributed by atoms with van der Waals surface area (Å²) in [6, 6.07) is 31.9. The second-order valence-electron chi connectivity index (χ2n) is 6.98. The Balaban J connectivity index is 1.84. The predicted octanol–water partition coefficient (Wildman–Crippen LogP) is 6.65. The van der Waals surface area contributed by atoms with Crippen molar-refractivity contribution in [1.29, 1.82) is 0 Å². The van der Waals surface area contributed by atoms with Crippen LogP contribution in [-0.4, -0.2) is 13.9 Å². The molecule has 0 fully saturated rings. The molecule has 1 aliphatic rings. The molecular weight excluding hydrogens is 581 g/mol. The van der Waals surface area contributed by atoms with E-state index >= 15 is 0 Å². The molecule has 0 spiro atoms. The molecule has 0 aliphatic carbocycles. The van der Waals surface area contributed by atoms with Crippen LogP contribution in [0.1, 0.15) is 0 Å². The molecule has 0 saturated heterocycles. The van der Waals surface area contributed by atoms with Crippen LogP contribution in [0.25, 0.3) is 0 Å². The Bertz CT molecular complexity index is 1170. The molecule has 153 valence electrons. The van der Waals surface area contributed by atoms with Gasteiger partial charge in [-0.3, -0.25) is 0 Å². The number of hydrogen-bond donors (Lipinski definition) is 0. The Hall–Kier alpha value is -2.42. The van der Waals surface area contributed by atoms with Crippen LogP contribution in [0.3, 0.4) is 0 Å². The summed E-state index contributed by atoms with van der Waals surface area (Å²) in [6.07, 6.45) is 0. The van der Waals surface area contributed by atoms with Crippen molar-refractivity contribution in [3.8, 4) is 11.5 Å². The SMILES string of the molecule is Brc1ccc2c(c1)[O][Ge-]([c]1ccccc1)([c]1ccccc1)[O]c1cc(Br)ccc1N=N2. The number of halogens is 2. The standard InChI is InChI=1S/C24H16Br2GeN2O2/c25-17-11-13-21-23(15-17)30-27(19-7-3-1-4-8-19,20-9-5-2-6-10-20)31-24-16-18(26)12-14-22(24)29-28-21/h1-16H/q-1. The molecular formula is C24H16Br2GeN2O2-. The third kappa shape index (κ3) is 4.07. The molecule has 31 heavy (non-hydrogen) atoms. The maximum atomic E-state index is 6.92. The van der Waals surface area contributed by atoms with Crippen LogP contribution in [-0.2, 0) is 0 Å². The van der Waals surface area contributed by atoms with E-state index in [4.69, 9.17) is 7.53 Å². The Morgan fingerprint density at radius 2 is 0.968 bits per heavy atom. The Morgan fingerprint density at radius 3 is 1.39 bits per heavy atom. The molecule has 0 unspecified atom stereocenters. The molecule has 0 bridgehead atoms. The van der Waals surface area contributed by atoms with Crippen molar-refractivity contribution in [3.05, 3.63) is 106 Å². The Labute approximate surface area is 200 Å². The number of nitrogens with zero attached hydrogens (tertiary/aromatic N) is 2. The molecule has 7 heteroatoms. The van der Waals surface area contributed by atoms with Crippen molar-refractivity contribution in [2.75, 3.05) is 0 Å². The summed E-state index contributed by atoms with van der Waals surface area (Å²) in [7, 11) is 0. The second kappa shape index (κ2) is 8.61. The second-order valence-corrected chi connectivity index (χ2v) is 14.7. The van der Waals surface area contributed by atoms with Crippen molar-refractivity contribution in [1.82, 2.24) is 0 Å². The number of fused-ring (bicyclic) bond motifs is 2. The number of benzene rings is 4. The van der Waals surface area contributed by atoms with Gasteiger partial charge in [-0.2, -0.15) is 0 Å². The summed E-state index contributed by atoms with van der Waals surface area (Å²) in [5.74, 6) is 1.27. The van der Waals surface area contributed by atoms with Crippen LogP contribution < -0.4 is 16.3 Å². The van der Waals surface area contributed by atoms with Gasteiger partial charge in [-0.15, -0.1) is 0 Å². The summed E-state index contributed by atoms with van der Waals surface area (Å²) in [5.41, 5.74) is 1.31. The zero-order valence-corrected chi connectivity index (χ0v) is 21.5. The van der Waals surface area contributed by atoms with Gasteiger partial charge in [0.2, 0.25) is 0 Å². The van der Waals surface area contributed by atoms with Crippen LogP contribution in [0.5, 0.6) is 11.5 Å². The van der Waals surface area contributed by atoms with E-state index in [0.717, 1.165) is 17.7 Å². The van der Waals surface area contributed by atoms with Gasteiger partial charge < -0.3 is 0 Å². The normalized spacial score (nSPS) is 14.1. The first kappa shape index (κ1) is 20.5. The first-order valence-electron chi connectivity index (χ1n) is 9.64. The molecule has 0 amide bonds. The van der Waals surface area contributed by atoms with E-state index in [0.29, 0.717) is 22.9 Å². The Kier molecular flexibility index (Phi) is 5.69. The molecule has 0 N–H and O–H groups in total. The monoisotopic (exact) mass is 596 g/mol. The van der Waals surface area contributed by atoms with E-state index in [1.807, 2.05) is 72.8 Å². The van der Waals surface area contributed by atoms with Gasteiger partial charge in [0.25, 0.3) is 0 Å². The van der Waals surface area contributed by atoms with Gasteiger partial charge in [0.05, 0.1) is 0 Å². The molecule has 0 atom stereocenters. The average Bonchev–Trinajstić information content (AvgIpc) is 2.86. The number of hydrogen-bond acceptors (Lipinski definition) is 4.